The molecule has 1 heterocycles. The van der Waals surface area contributed by atoms with Crippen molar-refractivity contribution in [2.45, 2.75) is 39.7 Å². The zero-order chi connectivity index (χ0) is 14.0. The van der Waals surface area contributed by atoms with Crippen LogP contribution in [-0.4, -0.2) is 35.6 Å². The first-order valence-electron chi connectivity index (χ1n) is 6.43. The molecule has 5 nitrogen and oxygen atoms in total. The molecule has 0 aromatic carbocycles. The monoisotopic (exact) mass is 254 g/mol. The van der Waals surface area contributed by atoms with Gasteiger partial charge in [-0.05, 0) is 12.3 Å². The average Bonchev–Trinajstić information content (AvgIpc) is 2.52. The summed E-state index contributed by atoms with van der Waals surface area (Å²) in [5.74, 6) is -2.47. The number of imide groups is 1. The molecule has 2 amide bonds. The SMILES string of the molecule is CCCC(C)C(N)C(=O)[C@@H]1C(=O)N(C)C(=O)[C@H]1C. The lowest BCUT2D eigenvalue weighted by Gasteiger charge is -2.21. The number of hydrogen-bond acceptors (Lipinski definition) is 4. The molecule has 0 bridgehead atoms. The first-order valence-corrected chi connectivity index (χ1v) is 6.43. The maximum Gasteiger partial charge on any atom is 0.240 e. The van der Waals surface area contributed by atoms with Crippen LogP contribution in [0.5, 0.6) is 0 Å². The van der Waals surface area contributed by atoms with E-state index in [-0.39, 0.29) is 17.6 Å². The van der Waals surface area contributed by atoms with Crippen LogP contribution in [0.4, 0.5) is 0 Å². The van der Waals surface area contributed by atoms with Crippen LogP contribution >= 0.6 is 0 Å². The van der Waals surface area contributed by atoms with Crippen molar-refractivity contribution in [1.29, 1.82) is 0 Å². The van der Waals surface area contributed by atoms with Gasteiger partial charge in [0.15, 0.2) is 5.78 Å². The van der Waals surface area contributed by atoms with E-state index in [1.165, 1.54) is 7.05 Å². The average molecular weight is 254 g/mol. The lowest BCUT2D eigenvalue weighted by molar-refractivity contribution is -0.139. The van der Waals surface area contributed by atoms with E-state index in [0.29, 0.717) is 0 Å². The summed E-state index contributed by atoms with van der Waals surface area (Å²) in [6.07, 6.45) is 1.78. The first kappa shape index (κ1) is 14.8. The third kappa shape index (κ3) is 2.46. The van der Waals surface area contributed by atoms with Crippen molar-refractivity contribution in [3.63, 3.8) is 0 Å². The highest BCUT2D eigenvalue weighted by atomic mass is 16.2. The summed E-state index contributed by atoms with van der Waals surface area (Å²) in [7, 11) is 1.41. The highest BCUT2D eigenvalue weighted by molar-refractivity contribution is 6.16. The number of nitrogens with zero attached hydrogens (tertiary/aromatic N) is 1. The molecule has 0 aliphatic carbocycles. The smallest absolute Gasteiger partial charge is 0.240 e. The molecule has 0 aromatic heterocycles. The zero-order valence-electron chi connectivity index (χ0n) is 11.5. The first-order chi connectivity index (χ1) is 8.32. The molecule has 5 heteroatoms. The molecule has 0 aromatic rings. The minimum atomic E-state index is -0.892. The normalized spacial score (nSPS) is 27.5. The van der Waals surface area contributed by atoms with E-state index in [2.05, 4.69) is 0 Å². The third-order valence-electron chi connectivity index (χ3n) is 3.81. The van der Waals surface area contributed by atoms with Gasteiger partial charge in [-0.2, -0.15) is 0 Å². The van der Waals surface area contributed by atoms with E-state index in [9.17, 15) is 14.4 Å². The van der Waals surface area contributed by atoms with Gasteiger partial charge in [0.2, 0.25) is 11.8 Å². The Bertz CT molecular complexity index is 367. The molecule has 18 heavy (non-hydrogen) atoms. The fourth-order valence-electron chi connectivity index (χ4n) is 2.47. The summed E-state index contributed by atoms with van der Waals surface area (Å²) in [6.45, 7) is 5.54. The van der Waals surface area contributed by atoms with Crippen molar-refractivity contribution < 1.29 is 14.4 Å². The Morgan fingerprint density at radius 1 is 1.39 bits per heavy atom. The second-order valence-corrected chi connectivity index (χ2v) is 5.20. The van der Waals surface area contributed by atoms with E-state index >= 15 is 0 Å². The number of hydrogen-bond donors (Lipinski definition) is 1. The lowest BCUT2D eigenvalue weighted by Crippen LogP contribution is -2.44. The largest absolute Gasteiger partial charge is 0.321 e. The summed E-state index contributed by atoms with van der Waals surface area (Å²) < 4.78 is 0. The number of Topliss-reactive ketones (excluding diaryl/α,β-unsaturated/α-hetero) is 1. The van der Waals surface area contributed by atoms with E-state index in [0.717, 1.165) is 17.7 Å². The molecule has 4 atom stereocenters. The number of amides is 2. The van der Waals surface area contributed by atoms with Gasteiger partial charge in [-0.1, -0.05) is 27.2 Å². The highest BCUT2D eigenvalue weighted by Crippen LogP contribution is 2.27. The van der Waals surface area contributed by atoms with Gasteiger partial charge in [-0.3, -0.25) is 19.3 Å². The molecule has 1 rings (SSSR count). The van der Waals surface area contributed by atoms with Crippen LogP contribution in [0.15, 0.2) is 0 Å². The third-order valence-corrected chi connectivity index (χ3v) is 3.81. The summed E-state index contributed by atoms with van der Waals surface area (Å²) >= 11 is 0. The van der Waals surface area contributed by atoms with Gasteiger partial charge in [0.25, 0.3) is 0 Å². The van der Waals surface area contributed by atoms with E-state index in [1.54, 1.807) is 6.92 Å². The highest BCUT2D eigenvalue weighted by Gasteiger charge is 2.48. The Morgan fingerprint density at radius 2 is 1.94 bits per heavy atom. The molecule has 0 spiro atoms. The van der Waals surface area contributed by atoms with Gasteiger partial charge in [-0.15, -0.1) is 0 Å². The quantitative estimate of drug-likeness (QED) is 0.574. The second kappa shape index (κ2) is 5.61. The minimum Gasteiger partial charge on any atom is -0.321 e. The Balaban J connectivity index is 2.84. The summed E-state index contributed by atoms with van der Waals surface area (Å²) in [6, 6.07) is -0.666. The summed E-state index contributed by atoms with van der Waals surface area (Å²) in [5.41, 5.74) is 5.91. The Hall–Kier alpha value is -1.23. The van der Waals surface area contributed by atoms with Gasteiger partial charge < -0.3 is 5.73 Å². The van der Waals surface area contributed by atoms with Gasteiger partial charge in [-0.25, -0.2) is 0 Å². The number of nitrogens with two attached hydrogens (primary N) is 1. The predicted octanol–water partition coefficient (Wildman–Crippen LogP) is 0.570. The number of carbonyl (C=O) groups is 3. The molecule has 1 saturated heterocycles. The maximum absolute atomic E-state index is 12.2. The van der Waals surface area contributed by atoms with Gasteiger partial charge in [0, 0.05) is 7.05 Å². The summed E-state index contributed by atoms with van der Waals surface area (Å²) in [5, 5.41) is 0. The molecule has 2 N–H and O–H groups in total. The Labute approximate surface area is 108 Å². The Morgan fingerprint density at radius 3 is 2.33 bits per heavy atom. The van der Waals surface area contributed by atoms with E-state index in [4.69, 9.17) is 5.73 Å². The van der Waals surface area contributed by atoms with E-state index < -0.39 is 23.8 Å². The van der Waals surface area contributed by atoms with Crippen LogP contribution in [0.3, 0.4) is 0 Å². The fraction of sp³-hybridized carbons (Fsp3) is 0.769. The zero-order valence-corrected chi connectivity index (χ0v) is 11.5. The lowest BCUT2D eigenvalue weighted by atomic mass is 9.83. The molecule has 1 aliphatic heterocycles. The van der Waals surface area contributed by atoms with Crippen LogP contribution in [0.1, 0.15) is 33.6 Å². The van der Waals surface area contributed by atoms with Crippen molar-refractivity contribution in [3.8, 4) is 0 Å². The van der Waals surface area contributed by atoms with Crippen LogP contribution in [-0.2, 0) is 14.4 Å². The molecule has 102 valence electrons. The van der Waals surface area contributed by atoms with Crippen molar-refractivity contribution >= 4 is 17.6 Å². The van der Waals surface area contributed by atoms with Crippen molar-refractivity contribution in [3.05, 3.63) is 0 Å². The van der Waals surface area contributed by atoms with Crippen molar-refractivity contribution in [1.82, 2.24) is 4.90 Å². The fourth-order valence-corrected chi connectivity index (χ4v) is 2.47. The van der Waals surface area contributed by atoms with Crippen LogP contribution in [0, 0.1) is 17.8 Å². The van der Waals surface area contributed by atoms with Crippen LogP contribution in [0.2, 0.25) is 0 Å². The van der Waals surface area contributed by atoms with Crippen LogP contribution in [0.25, 0.3) is 0 Å². The van der Waals surface area contributed by atoms with Gasteiger partial charge in [0.05, 0.1) is 12.0 Å². The van der Waals surface area contributed by atoms with Crippen molar-refractivity contribution in [2.24, 2.45) is 23.5 Å². The standard InChI is InChI=1S/C13H22N2O3/c1-5-6-7(2)10(14)11(16)9-8(3)12(17)15(4)13(9)18/h7-10H,5-6,14H2,1-4H3/t7?,8-,9+,10?/m0/s1. The topological polar surface area (TPSA) is 80.5 Å². The number of likely N-dealkylation sites (tertiary alicyclic amines) is 1. The molecule has 0 saturated carbocycles. The molecule has 0 radical (unpaired) electrons. The number of carbonyl (C=O) groups excluding carboxylic acids is 3. The molecule has 1 aliphatic rings. The maximum atomic E-state index is 12.2. The van der Waals surface area contributed by atoms with E-state index in [1.807, 2.05) is 13.8 Å². The summed E-state index contributed by atoms with van der Waals surface area (Å²) in [4.78, 5) is 36.8. The van der Waals surface area contributed by atoms with Crippen LogP contribution < -0.4 is 5.73 Å². The molecule has 2 unspecified atom stereocenters. The molecular formula is C13H22N2O3. The molecule has 1 fully saturated rings. The minimum absolute atomic E-state index is 0.0310. The predicted molar refractivity (Wildman–Crippen MR) is 67.5 cm³/mol. The second-order valence-electron chi connectivity index (χ2n) is 5.20. The number of rotatable bonds is 5. The van der Waals surface area contributed by atoms with Gasteiger partial charge >= 0.3 is 0 Å². The number of ketones is 1. The molecular weight excluding hydrogens is 232 g/mol. The van der Waals surface area contributed by atoms with Gasteiger partial charge in [0.1, 0.15) is 5.92 Å². The Kier molecular flexibility index (Phi) is 4.62. The van der Waals surface area contributed by atoms with Crippen molar-refractivity contribution in [2.75, 3.05) is 7.05 Å².